The summed E-state index contributed by atoms with van der Waals surface area (Å²) in [4.78, 5) is 15.9. The number of hydrogen-bond donors (Lipinski definition) is 0. The Kier molecular flexibility index (Phi) is 3.98. The second-order valence-corrected chi connectivity index (χ2v) is 5.09. The Balaban J connectivity index is 1.78. The molecule has 22 heavy (non-hydrogen) atoms. The van der Waals surface area contributed by atoms with Gasteiger partial charge in [0, 0.05) is 17.4 Å². The molecule has 0 fully saturated rings. The molecule has 0 N–H and O–H groups in total. The molecular weight excluding hydrogens is 304 g/mol. The van der Waals surface area contributed by atoms with Gasteiger partial charge in [-0.3, -0.25) is 0 Å². The van der Waals surface area contributed by atoms with Crippen LogP contribution in [-0.4, -0.2) is 22.5 Å². The first-order valence-corrected chi connectivity index (χ1v) is 6.98. The van der Waals surface area contributed by atoms with Gasteiger partial charge in [0.05, 0.1) is 18.4 Å². The van der Waals surface area contributed by atoms with Crippen molar-refractivity contribution in [3.63, 3.8) is 0 Å². The molecule has 3 rings (SSSR count). The molecule has 6 heteroatoms. The normalized spacial score (nSPS) is 10.6. The number of aromatic nitrogens is 2. The molecular formula is C16H13ClN2O3. The third-order valence-corrected chi connectivity index (χ3v) is 3.35. The van der Waals surface area contributed by atoms with Crippen LogP contribution >= 0.6 is 11.6 Å². The van der Waals surface area contributed by atoms with Crippen LogP contribution in [-0.2, 0) is 11.3 Å². The van der Waals surface area contributed by atoms with Gasteiger partial charge in [0.15, 0.2) is 0 Å². The summed E-state index contributed by atoms with van der Waals surface area (Å²) in [5.74, 6) is 0.294. The molecule has 0 unspecified atom stereocenters. The molecule has 0 aliphatic heterocycles. The third kappa shape index (κ3) is 3.04. The molecule has 112 valence electrons. The SMILES string of the molecule is COC(=O)c1ccn2cc(COc3cccc(Cl)c3)nc2c1. The summed E-state index contributed by atoms with van der Waals surface area (Å²) >= 11 is 5.91. The van der Waals surface area contributed by atoms with Crippen molar-refractivity contribution >= 4 is 23.2 Å². The number of fused-ring (bicyclic) bond motifs is 1. The molecule has 0 radical (unpaired) electrons. The minimum atomic E-state index is -0.387. The van der Waals surface area contributed by atoms with Gasteiger partial charge in [0.2, 0.25) is 0 Å². The molecule has 0 aliphatic carbocycles. The van der Waals surface area contributed by atoms with E-state index >= 15 is 0 Å². The van der Waals surface area contributed by atoms with E-state index in [-0.39, 0.29) is 5.97 Å². The second-order valence-electron chi connectivity index (χ2n) is 4.65. The minimum absolute atomic E-state index is 0.315. The summed E-state index contributed by atoms with van der Waals surface area (Å²) in [5.41, 5.74) is 1.87. The molecule has 5 nitrogen and oxygen atoms in total. The number of benzene rings is 1. The van der Waals surface area contributed by atoms with Gasteiger partial charge >= 0.3 is 5.97 Å². The van der Waals surface area contributed by atoms with E-state index in [4.69, 9.17) is 21.1 Å². The number of hydrogen-bond acceptors (Lipinski definition) is 4. The Labute approximate surface area is 132 Å². The van der Waals surface area contributed by atoms with Gasteiger partial charge in [-0.1, -0.05) is 17.7 Å². The smallest absolute Gasteiger partial charge is 0.338 e. The van der Waals surface area contributed by atoms with Crippen LogP contribution in [0.3, 0.4) is 0 Å². The lowest BCUT2D eigenvalue weighted by Crippen LogP contribution is -2.01. The molecule has 0 saturated heterocycles. The molecule has 0 saturated carbocycles. The fourth-order valence-corrected chi connectivity index (χ4v) is 2.24. The maximum absolute atomic E-state index is 11.5. The van der Waals surface area contributed by atoms with Crippen molar-refractivity contribution in [2.75, 3.05) is 7.11 Å². The Bertz CT molecular complexity index is 829. The number of rotatable bonds is 4. The predicted octanol–water partition coefficient (Wildman–Crippen LogP) is 3.35. The van der Waals surface area contributed by atoms with Gasteiger partial charge in [-0.05, 0) is 30.3 Å². The van der Waals surface area contributed by atoms with Crippen molar-refractivity contribution in [2.45, 2.75) is 6.61 Å². The lowest BCUT2D eigenvalue weighted by Gasteiger charge is -2.03. The van der Waals surface area contributed by atoms with E-state index in [2.05, 4.69) is 4.98 Å². The van der Waals surface area contributed by atoms with Crippen LogP contribution < -0.4 is 4.74 Å². The lowest BCUT2D eigenvalue weighted by molar-refractivity contribution is 0.0600. The van der Waals surface area contributed by atoms with E-state index in [0.717, 1.165) is 5.69 Å². The molecule has 1 aromatic carbocycles. The Morgan fingerprint density at radius 3 is 2.95 bits per heavy atom. The zero-order valence-electron chi connectivity index (χ0n) is 11.8. The monoisotopic (exact) mass is 316 g/mol. The first kappa shape index (κ1) is 14.4. The van der Waals surface area contributed by atoms with Crippen LogP contribution in [0.5, 0.6) is 5.75 Å². The van der Waals surface area contributed by atoms with Gasteiger partial charge in [0.25, 0.3) is 0 Å². The van der Waals surface area contributed by atoms with Gasteiger partial charge in [-0.15, -0.1) is 0 Å². The Morgan fingerprint density at radius 1 is 1.32 bits per heavy atom. The predicted molar refractivity (Wildman–Crippen MR) is 82.3 cm³/mol. The summed E-state index contributed by atoms with van der Waals surface area (Å²) < 4.78 is 12.2. The fraction of sp³-hybridized carbons (Fsp3) is 0.125. The maximum atomic E-state index is 11.5. The van der Waals surface area contributed by atoms with Crippen molar-refractivity contribution in [1.29, 1.82) is 0 Å². The third-order valence-electron chi connectivity index (χ3n) is 3.11. The number of carbonyl (C=O) groups excluding carboxylic acids is 1. The van der Waals surface area contributed by atoms with Gasteiger partial charge < -0.3 is 13.9 Å². The summed E-state index contributed by atoms with van der Waals surface area (Å²) in [7, 11) is 1.35. The zero-order valence-corrected chi connectivity index (χ0v) is 12.6. The number of esters is 1. The molecule has 0 bridgehead atoms. The Morgan fingerprint density at radius 2 is 2.18 bits per heavy atom. The van der Waals surface area contributed by atoms with Gasteiger partial charge in [-0.25, -0.2) is 9.78 Å². The number of pyridine rings is 1. The van der Waals surface area contributed by atoms with Crippen molar-refractivity contribution in [3.05, 3.63) is 65.1 Å². The first-order chi connectivity index (χ1) is 10.7. The summed E-state index contributed by atoms with van der Waals surface area (Å²) in [5, 5.41) is 0.621. The van der Waals surface area contributed by atoms with Gasteiger partial charge in [-0.2, -0.15) is 0 Å². The average molecular weight is 317 g/mol. The molecule has 0 amide bonds. The average Bonchev–Trinajstić information content (AvgIpc) is 2.94. The van der Waals surface area contributed by atoms with Crippen LogP contribution in [0.25, 0.3) is 5.65 Å². The summed E-state index contributed by atoms with van der Waals surface area (Å²) in [6.45, 7) is 0.315. The molecule has 2 heterocycles. The topological polar surface area (TPSA) is 52.8 Å². The number of nitrogens with zero attached hydrogens (tertiary/aromatic N) is 2. The summed E-state index contributed by atoms with van der Waals surface area (Å²) in [6, 6.07) is 10.5. The largest absolute Gasteiger partial charge is 0.487 e. The Hall–Kier alpha value is -2.53. The van der Waals surface area contributed by atoms with Crippen LogP contribution in [0.1, 0.15) is 16.1 Å². The molecule has 0 aliphatic rings. The van der Waals surface area contributed by atoms with Crippen molar-refractivity contribution in [1.82, 2.24) is 9.38 Å². The van der Waals surface area contributed by atoms with Crippen LogP contribution in [0.15, 0.2) is 48.8 Å². The standard InChI is InChI=1S/C16H13ClN2O3/c1-21-16(20)11-5-6-19-9-13(18-15(19)7-11)10-22-14-4-2-3-12(17)8-14/h2-9H,10H2,1H3. The molecule has 0 atom stereocenters. The second kappa shape index (κ2) is 6.07. The van der Waals surface area contributed by atoms with Crippen molar-refractivity contribution in [3.8, 4) is 5.75 Å². The van der Waals surface area contributed by atoms with Crippen molar-refractivity contribution < 1.29 is 14.3 Å². The molecule has 0 spiro atoms. The summed E-state index contributed by atoms with van der Waals surface area (Å²) in [6.07, 6.45) is 3.61. The van der Waals surface area contributed by atoms with Crippen LogP contribution in [0.4, 0.5) is 0 Å². The fourth-order valence-electron chi connectivity index (χ4n) is 2.06. The highest BCUT2D eigenvalue weighted by atomic mass is 35.5. The minimum Gasteiger partial charge on any atom is -0.487 e. The van der Waals surface area contributed by atoms with E-state index in [9.17, 15) is 4.79 Å². The van der Waals surface area contributed by atoms with Crippen LogP contribution in [0.2, 0.25) is 5.02 Å². The van der Waals surface area contributed by atoms with Gasteiger partial charge in [0.1, 0.15) is 18.0 Å². The number of ether oxygens (including phenoxy) is 2. The van der Waals surface area contributed by atoms with E-state index in [1.165, 1.54) is 7.11 Å². The van der Waals surface area contributed by atoms with E-state index < -0.39 is 0 Å². The highest BCUT2D eigenvalue weighted by Crippen LogP contribution is 2.18. The van der Waals surface area contributed by atoms with Crippen LogP contribution in [0, 0.1) is 0 Å². The molecule has 2 aromatic heterocycles. The zero-order chi connectivity index (χ0) is 15.5. The number of halogens is 1. The number of methoxy groups -OCH3 is 1. The van der Waals surface area contributed by atoms with Crippen molar-refractivity contribution in [2.24, 2.45) is 0 Å². The number of carbonyl (C=O) groups is 1. The van der Waals surface area contributed by atoms with E-state index in [1.807, 2.05) is 22.7 Å². The first-order valence-electron chi connectivity index (χ1n) is 6.60. The number of imidazole rings is 1. The highest BCUT2D eigenvalue weighted by molar-refractivity contribution is 6.30. The van der Waals surface area contributed by atoms with E-state index in [0.29, 0.717) is 28.6 Å². The molecule has 3 aromatic rings. The van der Waals surface area contributed by atoms with E-state index in [1.54, 1.807) is 30.5 Å². The highest BCUT2D eigenvalue weighted by Gasteiger charge is 2.08. The lowest BCUT2D eigenvalue weighted by atomic mass is 10.3. The quantitative estimate of drug-likeness (QED) is 0.693. The maximum Gasteiger partial charge on any atom is 0.338 e.